The molecular formula is C11H10N4OS. The summed E-state index contributed by atoms with van der Waals surface area (Å²) in [5.74, 6) is 2.04. The molecule has 0 saturated heterocycles. The van der Waals surface area contributed by atoms with Crippen molar-refractivity contribution in [2.75, 3.05) is 5.73 Å². The fraction of sp³-hybridized carbons (Fsp3) is 0.0909. The molecule has 5 nitrogen and oxygen atoms in total. The van der Waals surface area contributed by atoms with E-state index < -0.39 is 0 Å². The summed E-state index contributed by atoms with van der Waals surface area (Å²) in [7, 11) is 0. The predicted molar refractivity (Wildman–Crippen MR) is 66.1 cm³/mol. The monoisotopic (exact) mass is 246 g/mol. The third kappa shape index (κ3) is 1.94. The minimum absolute atomic E-state index is 0.345. The number of nitrogen functional groups attached to an aromatic ring is 1. The summed E-state index contributed by atoms with van der Waals surface area (Å²) in [6.45, 7) is 0.345. The first kappa shape index (κ1) is 10.1. The summed E-state index contributed by atoms with van der Waals surface area (Å²) >= 11 is 1.47. The fourth-order valence-electron chi connectivity index (χ4n) is 1.47. The summed E-state index contributed by atoms with van der Waals surface area (Å²) in [5, 5.41) is 6.07. The Bertz CT molecular complexity index is 631. The van der Waals surface area contributed by atoms with Crippen molar-refractivity contribution in [3.63, 3.8) is 0 Å². The molecule has 17 heavy (non-hydrogen) atoms. The number of benzene rings is 1. The molecule has 3 rings (SSSR count). The largest absolute Gasteiger partial charge is 0.486 e. The van der Waals surface area contributed by atoms with E-state index in [2.05, 4.69) is 10.1 Å². The lowest BCUT2D eigenvalue weighted by Gasteiger charge is -2.01. The molecule has 2 heterocycles. The molecule has 1 aromatic carbocycles. The van der Waals surface area contributed by atoms with E-state index >= 15 is 0 Å². The highest BCUT2D eigenvalue weighted by Gasteiger charge is 2.07. The summed E-state index contributed by atoms with van der Waals surface area (Å²) < 4.78 is 7.18. The number of thiazole rings is 1. The van der Waals surface area contributed by atoms with Crippen LogP contribution < -0.4 is 10.5 Å². The quantitative estimate of drug-likeness (QED) is 0.767. The molecule has 86 valence electrons. The van der Waals surface area contributed by atoms with E-state index in [9.17, 15) is 0 Å². The van der Waals surface area contributed by atoms with Crippen LogP contribution in [-0.4, -0.2) is 14.6 Å². The second kappa shape index (κ2) is 4.06. The lowest BCUT2D eigenvalue weighted by Crippen LogP contribution is -1.99. The van der Waals surface area contributed by atoms with Crippen molar-refractivity contribution in [3.05, 3.63) is 41.5 Å². The SMILES string of the molecule is Nc1csc2nc(COc3ccccc3)nn12. The van der Waals surface area contributed by atoms with Crippen LogP contribution >= 0.6 is 11.3 Å². The van der Waals surface area contributed by atoms with Gasteiger partial charge in [-0.1, -0.05) is 18.2 Å². The van der Waals surface area contributed by atoms with Crippen LogP contribution in [0.4, 0.5) is 5.82 Å². The number of nitrogens with zero attached hydrogens (tertiary/aromatic N) is 3. The van der Waals surface area contributed by atoms with Gasteiger partial charge in [-0.2, -0.15) is 9.50 Å². The van der Waals surface area contributed by atoms with Gasteiger partial charge in [0.05, 0.1) is 0 Å². The van der Waals surface area contributed by atoms with Crippen LogP contribution in [0.1, 0.15) is 5.82 Å². The maximum atomic E-state index is 5.73. The van der Waals surface area contributed by atoms with Gasteiger partial charge in [0.1, 0.15) is 18.2 Å². The molecule has 3 aromatic rings. The van der Waals surface area contributed by atoms with Crippen molar-refractivity contribution >= 4 is 22.1 Å². The van der Waals surface area contributed by atoms with Crippen LogP contribution in [-0.2, 0) is 6.61 Å². The van der Waals surface area contributed by atoms with Crippen LogP contribution in [0, 0.1) is 0 Å². The summed E-state index contributed by atoms with van der Waals surface area (Å²) in [6.07, 6.45) is 0. The molecule has 0 bridgehead atoms. The first-order chi connectivity index (χ1) is 8.33. The van der Waals surface area contributed by atoms with Gasteiger partial charge in [0, 0.05) is 5.38 Å². The average Bonchev–Trinajstić information content (AvgIpc) is 2.91. The molecule has 6 heteroatoms. The topological polar surface area (TPSA) is 65.4 Å². The molecule has 2 aromatic heterocycles. The van der Waals surface area contributed by atoms with Crippen LogP contribution in [0.25, 0.3) is 4.96 Å². The molecule has 0 radical (unpaired) electrons. The van der Waals surface area contributed by atoms with E-state index in [1.54, 1.807) is 4.52 Å². The maximum Gasteiger partial charge on any atom is 0.214 e. The highest BCUT2D eigenvalue weighted by atomic mass is 32.1. The highest BCUT2D eigenvalue weighted by Crippen LogP contribution is 2.16. The second-order valence-corrected chi connectivity index (χ2v) is 4.32. The number of para-hydroxylation sites is 1. The summed E-state index contributed by atoms with van der Waals surface area (Å²) in [5.41, 5.74) is 5.73. The Morgan fingerprint density at radius 3 is 2.88 bits per heavy atom. The lowest BCUT2D eigenvalue weighted by atomic mass is 10.3. The number of rotatable bonds is 3. The molecule has 0 unspecified atom stereocenters. The zero-order valence-corrected chi connectivity index (χ0v) is 9.72. The number of fused-ring (bicyclic) bond motifs is 1. The third-order valence-electron chi connectivity index (χ3n) is 2.26. The number of nitrogens with two attached hydrogens (primary N) is 1. The number of hydrogen-bond acceptors (Lipinski definition) is 5. The first-order valence-corrected chi connectivity index (χ1v) is 5.97. The Morgan fingerprint density at radius 2 is 2.12 bits per heavy atom. The van der Waals surface area contributed by atoms with Gasteiger partial charge in [-0.05, 0) is 12.1 Å². The van der Waals surface area contributed by atoms with Gasteiger partial charge in [0.2, 0.25) is 4.96 Å². The lowest BCUT2D eigenvalue weighted by molar-refractivity contribution is 0.296. The standard InChI is InChI=1S/C11H10N4OS/c12-9-7-17-11-13-10(14-15(9)11)6-16-8-4-2-1-3-5-8/h1-5,7H,6,12H2. The number of anilines is 1. The molecule has 0 saturated carbocycles. The van der Waals surface area contributed by atoms with E-state index in [1.807, 2.05) is 35.7 Å². The number of hydrogen-bond donors (Lipinski definition) is 1. The summed E-state index contributed by atoms with van der Waals surface area (Å²) in [6, 6.07) is 9.58. The zero-order valence-electron chi connectivity index (χ0n) is 8.91. The third-order valence-corrected chi connectivity index (χ3v) is 3.10. The van der Waals surface area contributed by atoms with Crippen molar-refractivity contribution in [1.82, 2.24) is 14.6 Å². The van der Waals surface area contributed by atoms with Crippen LogP contribution in [0.15, 0.2) is 35.7 Å². The molecule has 0 atom stereocenters. The normalized spacial score (nSPS) is 10.8. The molecule has 2 N–H and O–H groups in total. The van der Waals surface area contributed by atoms with Crippen molar-refractivity contribution in [1.29, 1.82) is 0 Å². The van der Waals surface area contributed by atoms with Crippen LogP contribution in [0.5, 0.6) is 5.75 Å². The van der Waals surface area contributed by atoms with E-state index in [0.29, 0.717) is 18.2 Å². The molecule has 0 aliphatic heterocycles. The number of ether oxygens (including phenoxy) is 1. The Balaban J connectivity index is 1.77. The Labute approximate surface area is 101 Å². The Morgan fingerprint density at radius 1 is 1.29 bits per heavy atom. The van der Waals surface area contributed by atoms with Gasteiger partial charge in [-0.25, -0.2) is 0 Å². The molecule has 0 fully saturated rings. The Hall–Kier alpha value is -2.08. The molecular weight excluding hydrogens is 236 g/mol. The van der Waals surface area contributed by atoms with Gasteiger partial charge < -0.3 is 10.5 Å². The second-order valence-electron chi connectivity index (χ2n) is 3.48. The van der Waals surface area contributed by atoms with E-state index in [1.165, 1.54) is 11.3 Å². The van der Waals surface area contributed by atoms with E-state index in [-0.39, 0.29) is 0 Å². The molecule has 0 amide bonds. The predicted octanol–water partition coefficient (Wildman–Crippen LogP) is 1.95. The smallest absolute Gasteiger partial charge is 0.214 e. The first-order valence-electron chi connectivity index (χ1n) is 5.09. The minimum Gasteiger partial charge on any atom is -0.486 e. The van der Waals surface area contributed by atoms with Gasteiger partial charge in [-0.15, -0.1) is 16.4 Å². The molecule has 0 aliphatic carbocycles. The fourth-order valence-corrected chi connectivity index (χ4v) is 2.20. The Kier molecular flexibility index (Phi) is 2.41. The maximum absolute atomic E-state index is 5.73. The van der Waals surface area contributed by atoms with Crippen molar-refractivity contribution in [2.24, 2.45) is 0 Å². The van der Waals surface area contributed by atoms with Gasteiger partial charge in [-0.3, -0.25) is 0 Å². The highest BCUT2D eigenvalue weighted by molar-refractivity contribution is 7.15. The zero-order chi connectivity index (χ0) is 11.7. The van der Waals surface area contributed by atoms with Crippen LogP contribution in [0.3, 0.4) is 0 Å². The van der Waals surface area contributed by atoms with Gasteiger partial charge >= 0.3 is 0 Å². The number of aromatic nitrogens is 3. The van der Waals surface area contributed by atoms with Gasteiger partial charge in [0.15, 0.2) is 5.82 Å². The average molecular weight is 246 g/mol. The van der Waals surface area contributed by atoms with Crippen molar-refractivity contribution in [3.8, 4) is 5.75 Å². The van der Waals surface area contributed by atoms with Crippen LogP contribution in [0.2, 0.25) is 0 Å². The summed E-state index contributed by atoms with van der Waals surface area (Å²) in [4.78, 5) is 5.10. The van der Waals surface area contributed by atoms with E-state index in [4.69, 9.17) is 10.5 Å². The van der Waals surface area contributed by atoms with Crippen molar-refractivity contribution < 1.29 is 4.74 Å². The minimum atomic E-state index is 0.345. The van der Waals surface area contributed by atoms with E-state index in [0.717, 1.165) is 10.7 Å². The molecule has 0 aliphatic rings. The van der Waals surface area contributed by atoms with Crippen molar-refractivity contribution in [2.45, 2.75) is 6.61 Å². The molecule has 0 spiro atoms. The van der Waals surface area contributed by atoms with Gasteiger partial charge in [0.25, 0.3) is 0 Å².